The molecule has 0 saturated carbocycles. The van der Waals surface area contributed by atoms with E-state index in [4.69, 9.17) is 17.0 Å². The van der Waals surface area contributed by atoms with Crippen LogP contribution in [0.25, 0.3) is 0 Å². The Morgan fingerprint density at radius 3 is 2.66 bits per heavy atom. The van der Waals surface area contributed by atoms with Crippen molar-refractivity contribution in [2.75, 3.05) is 0 Å². The van der Waals surface area contributed by atoms with Crippen molar-refractivity contribution in [1.82, 2.24) is 15.6 Å². The highest BCUT2D eigenvalue weighted by Crippen LogP contribution is 2.41. The minimum atomic E-state index is -0.471. The lowest BCUT2D eigenvalue weighted by atomic mass is 9.73. The second kappa shape index (κ2) is 7.40. The van der Waals surface area contributed by atoms with Crippen molar-refractivity contribution in [3.05, 3.63) is 71.2 Å². The first-order valence-electron chi connectivity index (χ1n) is 9.38. The Bertz CT molecular complexity index is 1010. The van der Waals surface area contributed by atoms with Crippen LogP contribution in [0, 0.1) is 5.41 Å². The fourth-order valence-corrected chi connectivity index (χ4v) is 4.03. The van der Waals surface area contributed by atoms with E-state index in [2.05, 4.69) is 29.5 Å². The number of carbonyl (C=O) groups excluding carboxylic acids is 2. The average molecular weight is 407 g/mol. The predicted molar refractivity (Wildman–Crippen MR) is 112 cm³/mol. The Morgan fingerprint density at radius 1 is 1.21 bits per heavy atom. The van der Waals surface area contributed by atoms with Crippen LogP contribution in [0.2, 0.25) is 0 Å². The summed E-state index contributed by atoms with van der Waals surface area (Å²) in [6.07, 6.45) is 4.33. The highest BCUT2D eigenvalue weighted by molar-refractivity contribution is 7.80. The summed E-state index contributed by atoms with van der Waals surface area (Å²) in [6.45, 7) is 4.17. The lowest BCUT2D eigenvalue weighted by Crippen LogP contribution is -2.48. The molecule has 1 unspecified atom stereocenters. The molecule has 7 heteroatoms. The molecule has 0 saturated heterocycles. The minimum Gasteiger partial charge on any atom is -0.423 e. The van der Waals surface area contributed by atoms with Gasteiger partial charge in [0.2, 0.25) is 0 Å². The van der Waals surface area contributed by atoms with Gasteiger partial charge < -0.3 is 15.4 Å². The van der Waals surface area contributed by atoms with E-state index in [0.717, 1.165) is 23.3 Å². The van der Waals surface area contributed by atoms with Crippen LogP contribution in [-0.4, -0.2) is 21.8 Å². The molecule has 1 aliphatic heterocycles. The standard InChI is InChI=1S/C22H21N3O3S/c1-22(2)10-16-18(17(26)11-22)19(25-21(29)24-16)13-5-7-15(8-6-13)28-20(27)14-4-3-9-23-12-14/h3-9,12,19H,10-11H2,1-2H3,(H2,24,25,29). The molecular formula is C22H21N3O3S. The maximum absolute atomic E-state index is 12.8. The van der Waals surface area contributed by atoms with Gasteiger partial charge in [0.05, 0.1) is 11.6 Å². The zero-order valence-electron chi connectivity index (χ0n) is 16.2. The summed E-state index contributed by atoms with van der Waals surface area (Å²) in [4.78, 5) is 29.0. The van der Waals surface area contributed by atoms with Crippen LogP contribution in [0.3, 0.4) is 0 Å². The van der Waals surface area contributed by atoms with E-state index in [1.165, 1.54) is 6.20 Å². The highest BCUT2D eigenvalue weighted by Gasteiger charge is 2.39. The van der Waals surface area contributed by atoms with E-state index in [1.807, 2.05) is 12.1 Å². The molecule has 0 radical (unpaired) electrons. The zero-order chi connectivity index (χ0) is 20.6. The highest BCUT2D eigenvalue weighted by atomic mass is 32.1. The van der Waals surface area contributed by atoms with Crippen molar-refractivity contribution >= 4 is 29.1 Å². The number of carbonyl (C=O) groups is 2. The molecule has 0 amide bonds. The molecule has 1 aromatic carbocycles. The van der Waals surface area contributed by atoms with Gasteiger partial charge in [-0.2, -0.15) is 0 Å². The summed E-state index contributed by atoms with van der Waals surface area (Å²) in [5.41, 5.74) is 2.80. The third-order valence-corrected chi connectivity index (χ3v) is 5.29. The Labute approximate surface area is 174 Å². The number of rotatable bonds is 3. The molecule has 0 fully saturated rings. The molecule has 0 spiro atoms. The van der Waals surface area contributed by atoms with E-state index in [9.17, 15) is 9.59 Å². The molecule has 29 heavy (non-hydrogen) atoms. The zero-order valence-corrected chi connectivity index (χ0v) is 17.0. The molecule has 2 aliphatic rings. The SMILES string of the molecule is CC1(C)CC(=O)C2=C(C1)NC(=S)NC2c1ccc(OC(=O)c2cccnc2)cc1. The van der Waals surface area contributed by atoms with Gasteiger partial charge >= 0.3 is 5.97 Å². The van der Waals surface area contributed by atoms with E-state index in [0.29, 0.717) is 22.8 Å². The summed E-state index contributed by atoms with van der Waals surface area (Å²) in [5, 5.41) is 6.87. The van der Waals surface area contributed by atoms with Crippen LogP contribution in [0.1, 0.15) is 48.7 Å². The van der Waals surface area contributed by atoms with Gasteiger partial charge in [0.25, 0.3) is 0 Å². The summed E-state index contributed by atoms with van der Waals surface area (Å²) >= 11 is 5.36. The van der Waals surface area contributed by atoms with Gasteiger partial charge in [-0.3, -0.25) is 9.78 Å². The number of benzene rings is 1. The molecular weight excluding hydrogens is 386 g/mol. The Kier molecular flexibility index (Phi) is 4.92. The number of nitrogens with one attached hydrogen (secondary N) is 2. The topological polar surface area (TPSA) is 80.3 Å². The first-order chi connectivity index (χ1) is 13.8. The number of allylic oxidation sites excluding steroid dienone is 1. The van der Waals surface area contributed by atoms with Crippen LogP contribution in [0.5, 0.6) is 5.75 Å². The van der Waals surface area contributed by atoms with Gasteiger partial charge in [-0.25, -0.2) is 4.79 Å². The number of aromatic nitrogens is 1. The number of hydrogen-bond acceptors (Lipinski definition) is 5. The maximum atomic E-state index is 12.8. The van der Waals surface area contributed by atoms with Gasteiger partial charge in [0.15, 0.2) is 10.9 Å². The van der Waals surface area contributed by atoms with Crippen molar-refractivity contribution in [2.24, 2.45) is 5.41 Å². The predicted octanol–water partition coefficient (Wildman–Crippen LogP) is 3.46. The van der Waals surface area contributed by atoms with Gasteiger partial charge in [0, 0.05) is 30.1 Å². The molecule has 2 N–H and O–H groups in total. The van der Waals surface area contributed by atoms with Crippen LogP contribution in [0.4, 0.5) is 0 Å². The lowest BCUT2D eigenvalue weighted by Gasteiger charge is -2.39. The molecule has 0 bridgehead atoms. The van der Waals surface area contributed by atoms with E-state index in [-0.39, 0.29) is 17.2 Å². The maximum Gasteiger partial charge on any atom is 0.345 e. The summed E-state index contributed by atoms with van der Waals surface area (Å²) in [5.74, 6) is 0.0713. The largest absolute Gasteiger partial charge is 0.423 e. The number of ketones is 1. The Morgan fingerprint density at radius 2 is 1.97 bits per heavy atom. The Balaban J connectivity index is 1.57. The number of hydrogen-bond donors (Lipinski definition) is 2. The van der Waals surface area contributed by atoms with Crippen molar-refractivity contribution in [3.8, 4) is 5.75 Å². The molecule has 2 heterocycles. The van der Waals surface area contributed by atoms with Crippen molar-refractivity contribution in [3.63, 3.8) is 0 Å². The first-order valence-corrected chi connectivity index (χ1v) is 9.79. The molecule has 1 atom stereocenters. The van der Waals surface area contributed by atoms with Crippen LogP contribution in [0.15, 0.2) is 60.1 Å². The molecule has 1 aromatic heterocycles. The second-order valence-electron chi connectivity index (χ2n) is 8.06. The molecule has 2 aromatic rings. The third kappa shape index (κ3) is 4.05. The average Bonchev–Trinajstić information content (AvgIpc) is 2.67. The van der Waals surface area contributed by atoms with Crippen molar-refractivity contribution in [2.45, 2.75) is 32.7 Å². The van der Waals surface area contributed by atoms with E-state index < -0.39 is 5.97 Å². The molecule has 6 nitrogen and oxygen atoms in total. The molecule has 4 rings (SSSR count). The smallest absolute Gasteiger partial charge is 0.345 e. The van der Waals surface area contributed by atoms with Gasteiger partial charge in [-0.1, -0.05) is 26.0 Å². The van der Waals surface area contributed by atoms with Crippen molar-refractivity contribution < 1.29 is 14.3 Å². The fourth-order valence-electron chi connectivity index (χ4n) is 3.79. The minimum absolute atomic E-state index is 0.0925. The van der Waals surface area contributed by atoms with Crippen LogP contribution >= 0.6 is 12.2 Å². The number of pyridine rings is 1. The normalized spacial score (nSPS) is 20.4. The number of thiocarbonyl (C=S) groups is 1. The lowest BCUT2D eigenvalue weighted by molar-refractivity contribution is -0.118. The van der Waals surface area contributed by atoms with Crippen LogP contribution < -0.4 is 15.4 Å². The quantitative estimate of drug-likeness (QED) is 0.458. The number of nitrogens with zero attached hydrogens (tertiary/aromatic N) is 1. The van der Waals surface area contributed by atoms with Crippen molar-refractivity contribution in [1.29, 1.82) is 0 Å². The van der Waals surface area contributed by atoms with Gasteiger partial charge in [-0.05, 0) is 53.9 Å². The van der Waals surface area contributed by atoms with Gasteiger partial charge in [-0.15, -0.1) is 0 Å². The summed E-state index contributed by atoms with van der Waals surface area (Å²) < 4.78 is 5.40. The molecule has 1 aliphatic carbocycles. The third-order valence-electron chi connectivity index (χ3n) is 5.07. The second-order valence-corrected chi connectivity index (χ2v) is 8.47. The number of Topliss-reactive ketones (excluding diaryl/α,β-unsaturated/α-hetero) is 1. The fraction of sp³-hybridized carbons (Fsp3) is 0.273. The summed E-state index contributed by atoms with van der Waals surface area (Å²) in [7, 11) is 0. The first kappa shape index (κ1) is 19.3. The van der Waals surface area contributed by atoms with E-state index in [1.54, 1.807) is 30.5 Å². The summed E-state index contributed by atoms with van der Waals surface area (Å²) in [6, 6.07) is 10.1. The van der Waals surface area contributed by atoms with Gasteiger partial charge in [0.1, 0.15) is 5.75 Å². The van der Waals surface area contributed by atoms with Crippen LogP contribution in [-0.2, 0) is 4.79 Å². The number of esters is 1. The monoisotopic (exact) mass is 407 g/mol. The van der Waals surface area contributed by atoms with E-state index >= 15 is 0 Å². The Hall–Kier alpha value is -3.06. The number of ether oxygens (including phenoxy) is 1. The molecule has 148 valence electrons.